The zero-order valence-electron chi connectivity index (χ0n) is 10.6. The van der Waals surface area contributed by atoms with E-state index in [9.17, 15) is 9.59 Å². The summed E-state index contributed by atoms with van der Waals surface area (Å²) in [7, 11) is 0. The van der Waals surface area contributed by atoms with Gasteiger partial charge in [0.2, 0.25) is 0 Å². The second-order valence-corrected chi connectivity index (χ2v) is 4.50. The van der Waals surface area contributed by atoms with E-state index in [1.165, 1.54) is 0 Å². The summed E-state index contributed by atoms with van der Waals surface area (Å²) in [6.45, 7) is 4.56. The Morgan fingerprint density at radius 3 is 2.47 bits per heavy atom. The second kappa shape index (κ2) is 6.47. The first kappa shape index (κ1) is 13.8. The molecular formula is C12H22N2O3. The Bertz CT molecular complexity index is 277. The van der Waals surface area contributed by atoms with Crippen LogP contribution in [0.3, 0.4) is 0 Å². The largest absolute Gasteiger partial charge is 0.480 e. The van der Waals surface area contributed by atoms with Gasteiger partial charge in [-0.15, -0.1) is 0 Å². The van der Waals surface area contributed by atoms with E-state index in [-0.39, 0.29) is 6.03 Å². The maximum atomic E-state index is 11.9. The summed E-state index contributed by atoms with van der Waals surface area (Å²) in [5.74, 6) is -0.946. The molecule has 1 rings (SSSR count). The lowest BCUT2D eigenvalue weighted by Crippen LogP contribution is -2.48. The van der Waals surface area contributed by atoms with Gasteiger partial charge in [0.15, 0.2) is 0 Å². The quantitative estimate of drug-likeness (QED) is 0.715. The zero-order chi connectivity index (χ0) is 12.8. The lowest BCUT2D eigenvalue weighted by atomic mass is 10.1. The van der Waals surface area contributed by atoms with Crippen molar-refractivity contribution in [3.63, 3.8) is 0 Å². The third-order valence-corrected chi connectivity index (χ3v) is 3.03. The van der Waals surface area contributed by atoms with E-state index >= 15 is 0 Å². The molecule has 0 spiro atoms. The van der Waals surface area contributed by atoms with Crippen molar-refractivity contribution in [1.82, 2.24) is 10.2 Å². The molecule has 0 aromatic rings. The fourth-order valence-electron chi connectivity index (χ4n) is 1.85. The molecule has 1 unspecified atom stereocenters. The number of unbranched alkanes of at least 4 members (excludes halogenated alkanes) is 1. The van der Waals surface area contributed by atoms with Crippen molar-refractivity contribution in [3.8, 4) is 0 Å². The normalized spacial score (nSPS) is 16.4. The van der Waals surface area contributed by atoms with Gasteiger partial charge in [-0.2, -0.15) is 0 Å². The van der Waals surface area contributed by atoms with Gasteiger partial charge in [0.25, 0.3) is 0 Å². The molecule has 2 amide bonds. The average Bonchev–Trinajstić information content (AvgIpc) is 3.09. The monoisotopic (exact) mass is 242 g/mol. The van der Waals surface area contributed by atoms with Crippen LogP contribution in [-0.2, 0) is 4.79 Å². The number of hydrogen-bond donors (Lipinski definition) is 2. The molecule has 0 heterocycles. The summed E-state index contributed by atoms with van der Waals surface area (Å²) < 4.78 is 0. The summed E-state index contributed by atoms with van der Waals surface area (Å²) in [6.07, 6.45) is 4.31. The first-order chi connectivity index (χ1) is 8.10. The van der Waals surface area contributed by atoms with E-state index in [0.717, 1.165) is 25.7 Å². The summed E-state index contributed by atoms with van der Waals surface area (Å²) in [5.41, 5.74) is 0. The summed E-state index contributed by atoms with van der Waals surface area (Å²) in [5, 5.41) is 11.6. The van der Waals surface area contributed by atoms with Crippen LogP contribution in [0.2, 0.25) is 0 Å². The predicted molar refractivity (Wildman–Crippen MR) is 64.9 cm³/mol. The first-order valence-corrected chi connectivity index (χ1v) is 6.40. The van der Waals surface area contributed by atoms with Gasteiger partial charge in [0.05, 0.1) is 0 Å². The van der Waals surface area contributed by atoms with E-state index in [2.05, 4.69) is 5.32 Å². The van der Waals surface area contributed by atoms with Crippen LogP contribution in [0.15, 0.2) is 0 Å². The number of nitrogens with zero attached hydrogens (tertiary/aromatic N) is 1. The van der Waals surface area contributed by atoms with E-state index in [0.29, 0.717) is 19.0 Å². The minimum atomic E-state index is -0.946. The van der Waals surface area contributed by atoms with Crippen molar-refractivity contribution < 1.29 is 14.7 Å². The van der Waals surface area contributed by atoms with Crippen molar-refractivity contribution in [2.75, 3.05) is 6.54 Å². The number of rotatable bonds is 7. The predicted octanol–water partition coefficient (Wildman–Crippen LogP) is 1.82. The number of carbonyl (C=O) groups excluding carboxylic acids is 1. The highest BCUT2D eigenvalue weighted by Crippen LogP contribution is 2.26. The molecule has 0 aromatic heterocycles. The number of nitrogens with one attached hydrogen (secondary N) is 1. The molecule has 1 atom stereocenters. The third kappa shape index (κ3) is 4.24. The SMILES string of the molecule is CCCCC(NC(=O)N(CC)C1CC1)C(=O)O. The van der Waals surface area contributed by atoms with Gasteiger partial charge in [-0.25, -0.2) is 9.59 Å². The van der Waals surface area contributed by atoms with Crippen molar-refractivity contribution in [1.29, 1.82) is 0 Å². The Morgan fingerprint density at radius 2 is 2.06 bits per heavy atom. The maximum Gasteiger partial charge on any atom is 0.326 e. The Hall–Kier alpha value is -1.26. The Balaban J connectivity index is 2.46. The smallest absolute Gasteiger partial charge is 0.326 e. The Morgan fingerprint density at radius 1 is 1.41 bits per heavy atom. The second-order valence-electron chi connectivity index (χ2n) is 4.50. The van der Waals surface area contributed by atoms with Crippen LogP contribution in [0.25, 0.3) is 0 Å². The minimum absolute atomic E-state index is 0.237. The Kier molecular flexibility index (Phi) is 5.25. The highest BCUT2D eigenvalue weighted by molar-refractivity contribution is 5.82. The molecule has 1 aliphatic rings. The van der Waals surface area contributed by atoms with E-state index in [4.69, 9.17) is 5.11 Å². The maximum absolute atomic E-state index is 11.9. The fraction of sp³-hybridized carbons (Fsp3) is 0.833. The fourth-order valence-corrected chi connectivity index (χ4v) is 1.85. The van der Waals surface area contributed by atoms with E-state index < -0.39 is 12.0 Å². The average molecular weight is 242 g/mol. The minimum Gasteiger partial charge on any atom is -0.480 e. The van der Waals surface area contributed by atoms with Crippen LogP contribution in [0.1, 0.15) is 46.0 Å². The molecule has 2 N–H and O–H groups in total. The van der Waals surface area contributed by atoms with E-state index in [1.54, 1.807) is 4.90 Å². The van der Waals surface area contributed by atoms with Crippen LogP contribution in [-0.4, -0.2) is 40.6 Å². The summed E-state index contributed by atoms with van der Waals surface area (Å²) >= 11 is 0. The summed E-state index contributed by atoms with van der Waals surface area (Å²) in [6, 6.07) is -0.672. The number of carboxylic acids is 1. The molecule has 0 bridgehead atoms. The number of amides is 2. The van der Waals surface area contributed by atoms with Gasteiger partial charge in [0.1, 0.15) is 6.04 Å². The molecule has 1 saturated carbocycles. The van der Waals surface area contributed by atoms with Crippen LogP contribution in [0, 0.1) is 0 Å². The van der Waals surface area contributed by atoms with Gasteiger partial charge in [-0.3, -0.25) is 0 Å². The lowest BCUT2D eigenvalue weighted by Gasteiger charge is -2.23. The van der Waals surface area contributed by atoms with Crippen molar-refractivity contribution in [3.05, 3.63) is 0 Å². The molecule has 0 aliphatic heterocycles. The van der Waals surface area contributed by atoms with Crippen molar-refractivity contribution in [2.45, 2.75) is 58.0 Å². The molecule has 1 fully saturated rings. The van der Waals surface area contributed by atoms with Gasteiger partial charge in [-0.1, -0.05) is 19.8 Å². The molecule has 0 aromatic carbocycles. The molecule has 17 heavy (non-hydrogen) atoms. The van der Waals surface area contributed by atoms with E-state index in [1.807, 2.05) is 13.8 Å². The van der Waals surface area contributed by atoms with Crippen LogP contribution in [0.4, 0.5) is 4.79 Å². The highest BCUT2D eigenvalue weighted by atomic mass is 16.4. The molecule has 98 valence electrons. The third-order valence-electron chi connectivity index (χ3n) is 3.03. The van der Waals surface area contributed by atoms with Gasteiger partial charge in [0, 0.05) is 12.6 Å². The van der Waals surface area contributed by atoms with Gasteiger partial charge < -0.3 is 15.3 Å². The molecule has 0 saturated heterocycles. The van der Waals surface area contributed by atoms with Crippen molar-refractivity contribution in [2.24, 2.45) is 0 Å². The molecule has 5 heteroatoms. The lowest BCUT2D eigenvalue weighted by molar-refractivity contribution is -0.139. The Labute approximate surface area is 102 Å². The van der Waals surface area contributed by atoms with Crippen molar-refractivity contribution >= 4 is 12.0 Å². The highest BCUT2D eigenvalue weighted by Gasteiger charge is 2.32. The van der Waals surface area contributed by atoms with Crippen LogP contribution in [0.5, 0.6) is 0 Å². The van der Waals surface area contributed by atoms with Crippen LogP contribution < -0.4 is 5.32 Å². The molecule has 0 radical (unpaired) electrons. The standard InChI is InChI=1S/C12H22N2O3/c1-3-5-6-10(11(15)16)13-12(17)14(4-2)9-7-8-9/h9-10H,3-8H2,1-2H3,(H,13,17)(H,15,16). The number of urea groups is 1. The number of carboxylic acid groups (broad SMARTS) is 1. The summed E-state index contributed by atoms with van der Waals surface area (Å²) in [4.78, 5) is 24.6. The van der Waals surface area contributed by atoms with Gasteiger partial charge in [-0.05, 0) is 26.2 Å². The van der Waals surface area contributed by atoms with Gasteiger partial charge >= 0.3 is 12.0 Å². The molecule has 1 aliphatic carbocycles. The first-order valence-electron chi connectivity index (χ1n) is 6.40. The number of aliphatic carboxylic acids is 1. The number of hydrogen-bond acceptors (Lipinski definition) is 2. The topological polar surface area (TPSA) is 69.6 Å². The molecule has 5 nitrogen and oxygen atoms in total. The zero-order valence-corrected chi connectivity index (χ0v) is 10.6. The number of carbonyl (C=O) groups is 2. The molecular weight excluding hydrogens is 220 g/mol. The van der Waals surface area contributed by atoms with Crippen LogP contribution >= 0.6 is 0 Å².